The van der Waals surface area contributed by atoms with Crippen molar-refractivity contribution < 1.29 is 4.74 Å². The first-order chi connectivity index (χ1) is 9.01. The molecule has 2 rings (SSSR count). The highest BCUT2D eigenvalue weighted by Gasteiger charge is 2.12. The maximum absolute atomic E-state index is 5.53. The van der Waals surface area contributed by atoms with Gasteiger partial charge in [0, 0.05) is 12.7 Å². The number of anilines is 1. The van der Waals surface area contributed by atoms with E-state index in [1.54, 1.807) is 13.4 Å². The smallest absolute Gasteiger partial charge is 0.323 e. The van der Waals surface area contributed by atoms with Crippen molar-refractivity contribution in [2.45, 2.75) is 33.8 Å². The lowest BCUT2D eigenvalue weighted by molar-refractivity contribution is 0.221. The third-order valence-electron chi connectivity index (χ3n) is 2.64. The minimum atomic E-state index is 0.00516. The van der Waals surface area contributed by atoms with Gasteiger partial charge in [-0.25, -0.2) is 4.98 Å². The molecular weight excluding hydrogens is 244 g/mol. The van der Waals surface area contributed by atoms with Gasteiger partial charge in [-0.1, -0.05) is 0 Å². The molecule has 0 atom stereocenters. The molecule has 0 aliphatic rings. The van der Waals surface area contributed by atoms with E-state index in [0.29, 0.717) is 17.9 Å². The minimum absolute atomic E-state index is 0.00516. The molecule has 0 unspecified atom stereocenters. The number of hydrogen-bond acceptors (Lipinski definition) is 6. The second kappa shape index (κ2) is 5.21. The van der Waals surface area contributed by atoms with E-state index in [0.717, 1.165) is 11.4 Å². The molecule has 0 aliphatic carbocycles. The highest BCUT2D eigenvalue weighted by atomic mass is 16.5. The third-order valence-corrected chi connectivity index (χ3v) is 2.64. The highest BCUT2D eigenvalue weighted by molar-refractivity contribution is 5.31. The zero-order valence-electron chi connectivity index (χ0n) is 11.8. The molecule has 0 radical (unpaired) electrons. The molecule has 0 aromatic carbocycles. The Morgan fingerprint density at radius 2 is 1.95 bits per heavy atom. The SMILES string of the molecule is CNc1nc(OC(C)C)nc(-n2cnc(C)c2C)n1. The van der Waals surface area contributed by atoms with E-state index >= 15 is 0 Å². The topological polar surface area (TPSA) is 77.8 Å². The van der Waals surface area contributed by atoms with Crippen molar-refractivity contribution in [1.82, 2.24) is 24.5 Å². The van der Waals surface area contributed by atoms with Crippen molar-refractivity contribution in [3.05, 3.63) is 17.7 Å². The predicted molar refractivity (Wildman–Crippen MR) is 71.7 cm³/mol. The van der Waals surface area contributed by atoms with Gasteiger partial charge in [0.1, 0.15) is 6.33 Å². The Morgan fingerprint density at radius 1 is 1.21 bits per heavy atom. The second-order valence-electron chi connectivity index (χ2n) is 4.44. The molecule has 0 bridgehead atoms. The van der Waals surface area contributed by atoms with Crippen molar-refractivity contribution in [3.63, 3.8) is 0 Å². The summed E-state index contributed by atoms with van der Waals surface area (Å²) >= 11 is 0. The van der Waals surface area contributed by atoms with Crippen LogP contribution < -0.4 is 10.1 Å². The van der Waals surface area contributed by atoms with E-state index in [4.69, 9.17) is 4.74 Å². The van der Waals surface area contributed by atoms with Gasteiger partial charge in [0.25, 0.3) is 0 Å². The molecule has 2 aromatic heterocycles. The van der Waals surface area contributed by atoms with Crippen LogP contribution in [0.1, 0.15) is 25.2 Å². The Kier molecular flexibility index (Phi) is 3.64. The first-order valence-corrected chi connectivity index (χ1v) is 6.12. The average molecular weight is 262 g/mol. The quantitative estimate of drug-likeness (QED) is 0.899. The maximum Gasteiger partial charge on any atom is 0.323 e. The monoisotopic (exact) mass is 262 g/mol. The van der Waals surface area contributed by atoms with Crippen LogP contribution in [0.25, 0.3) is 5.95 Å². The van der Waals surface area contributed by atoms with Crippen molar-refractivity contribution >= 4 is 5.95 Å². The summed E-state index contributed by atoms with van der Waals surface area (Å²) in [6.07, 6.45) is 1.70. The molecule has 2 aromatic rings. The molecule has 102 valence electrons. The normalized spacial score (nSPS) is 10.8. The Labute approximate surface area is 112 Å². The summed E-state index contributed by atoms with van der Waals surface area (Å²) in [5, 5.41) is 2.90. The first kappa shape index (κ1) is 13.3. The molecule has 2 heterocycles. The van der Waals surface area contributed by atoms with Gasteiger partial charge in [-0.05, 0) is 27.7 Å². The highest BCUT2D eigenvalue weighted by Crippen LogP contribution is 2.15. The third kappa shape index (κ3) is 2.81. The van der Waals surface area contributed by atoms with Crippen LogP contribution in [0.4, 0.5) is 5.95 Å². The fourth-order valence-electron chi connectivity index (χ4n) is 1.53. The van der Waals surface area contributed by atoms with Gasteiger partial charge in [-0.15, -0.1) is 0 Å². The number of nitrogens with one attached hydrogen (secondary N) is 1. The van der Waals surface area contributed by atoms with Gasteiger partial charge < -0.3 is 10.1 Å². The van der Waals surface area contributed by atoms with Gasteiger partial charge in [-0.2, -0.15) is 15.0 Å². The zero-order valence-corrected chi connectivity index (χ0v) is 11.8. The van der Waals surface area contributed by atoms with Crippen LogP contribution in [0.3, 0.4) is 0 Å². The maximum atomic E-state index is 5.53. The Balaban J connectivity index is 2.47. The largest absolute Gasteiger partial charge is 0.461 e. The molecule has 1 N–H and O–H groups in total. The summed E-state index contributed by atoms with van der Waals surface area (Å²) < 4.78 is 7.34. The lowest BCUT2D eigenvalue weighted by Crippen LogP contribution is -2.13. The van der Waals surface area contributed by atoms with Crippen molar-refractivity contribution in [1.29, 1.82) is 0 Å². The van der Waals surface area contributed by atoms with E-state index < -0.39 is 0 Å². The van der Waals surface area contributed by atoms with E-state index in [1.165, 1.54) is 0 Å². The number of aromatic nitrogens is 5. The summed E-state index contributed by atoms with van der Waals surface area (Å²) in [5.41, 5.74) is 1.93. The standard InChI is InChI=1S/C12H18N6O/c1-7(2)19-12-16-10(13-5)15-11(17-12)18-6-14-8(3)9(18)4/h6-7H,1-5H3,(H,13,15,16,17). The number of imidazole rings is 1. The number of hydrogen-bond donors (Lipinski definition) is 1. The molecule has 7 heteroatoms. The lowest BCUT2D eigenvalue weighted by atomic mass is 10.4. The van der Waals surface area contributed by atoms with Gasteiger partial charge in [0.15, 0.2) is 0 Å². The molecule has 0 fully saturated rings. The van der Waals surface area contributed by atoms with Crippen LogP contribution in [0.15, 0.2) is 6.33 Å². The summed E-state index contributed by atoms with van der Waals surface area (Å²) in [6.45, 7) is 7.76. The fourth-order valence-corrected chi connectivity index (χ4v) is 1.53. The van der Waals surface area contributed by atoms with E-state index in [-0.39, 0.29) is 6.10 Å². The fraction of sp³-hybridized carbons (Fsp3) is 0.500. The van der Waals surface area contributed by atoms with Crippen molar-refractivity contribution in [3.8, 4) is 12.0 Å². The summed E-state index contributed by atoms with van der Waals surface area (Å²) in [7, 11) is 1.75. The first-order valence-electron chi connectivity index (χ1n) is 6.12. The molecule has 0 amide bonds. The molecule has 0 aliphatic heterocycles. The number of aryl methyl sites for hydroxylation is 1. The summed E-state index contributed by atoms with van der Waals surface area (Å²) in [4.78, 5) is 17.0. The lowest BCUT2D eigenvalue weighted by Gasteiger charge is -2.11. The van der Waals surface area contributed by atoms with Crippen LogP contribution in [-0.2, 0) is 0 Å². The van der Waals surface area contributed by atoms with Gasteiger partial charge in [0.2, 0.25) is 11.9 Å². The van der Waals surface area contributed by atoms with Crippen LogP contribution in [0, 0.1) is 13.8 Å². The Bertz CT molecular complexity index is 578. The molecule has 0 spiro atoms. The van der Waals surface area contributed by atoms with Crippen LogP contribution in [0.2, 0.25) is 0 Å². The molecule has 0 saturated carbocycles. The minimum Gasteiger partial charge on any atom is -0.461 e. The second-order valence-corrected chi connectivity index (χ2v) is 4.44. The number of ether oxygens (including phenoxy) is 1. The Morgan fingerprint density at radius 3 is 2.47 bits per heavy atom. The molecular formula is C12H18N6O. The van der Waals surface area contributed by atoms with Crippen LogP contribution >= 0.6 is 0 Å². The average Bonchev–Trinajstić information content (AvgIpc) is 2.69. The zero-order chi connectivity index (χ0) is 14.0. The van der Waals surface area contributed by atoms with Crippen LogP contribution in [0.5, 0.6) is 6.01 Å². The Hall–Kier alpha value is -2.18. The van der Waals surface area contributed by atoms with E-state index in [1.807, 2.05) is 32.3 Å². The summed E-state index contributed by atoms with van der Waals surface area (Å²) in [5.74, 6) is 0.958. The van der Waals surface area contributed by atoms with Gasteiger partial charge in [-0.3, -0.25) is 4.57 Å². The van der Waals surface area contributed by atoms with Gasteiger partial charge >= 0.3 is 6.01 Å². The number of rotatable bonds is 4. The number of nitrogens with zero attached hydrogens (tertiary/aromatic N) is 5. The molecule has 7 nitrogen and oxygen atoms in total. The van der Waals surface area contributed by atoms with Gasteiger partial charge in [0.05, 0.1) is 11.8 Å². The van der Waals surface area contributed by atoms with E-state index in [9.17, 15) is 0 Å². The molecule has 19 heavy (non-hydrogen) atoms. The van der Waals surface area contributed by atoms with Crippen LogP contribution in [-0.4, -0.2) is 37.7 Å². The predicted octanol–water partition coefficient (Wildman–Crippen LogP) is 1.50. The van der Waals surface area contributed by atoms with Crippen molar-refractivity contribution in [2.75, 3.05) is 12.4 Å². The molecule has 0 saturated heterocycles. The summed E-state index contributed by atoms with van der Waals surface area (Å²) in [6, 6.07) is 0.301. The van der Waals surface area contributed by atoms with E-state index in [2.05, 4.69) is 25.3 Å². The van der Waals surface area contributed by atoms with Crippen molar-refractivity contribution in [2.24, 2.45) is 0 Å².